The van der Waals surface area contributed by atoms with Crippen molar-refractivity contribution in [2.75, 3.05) is 12.4 Å². The van der Waals surface area contributed by atoms with E-state index < -0.39 is 23.4 Å². The van der Waals surface area contributed by atoms with Gasteiger partial charge in [0.15, 0.2) is 34.6 Å². The van der Waals surface area contributed by atoms with Crippen molar-refractivity contribution in [2.24, 2.45) is 5.92 Å². The standard InChI is InChI=1S/C16H14N2O5/c1-8(19)11(7-17)16(21)18-13-10-5-4-6-12(22-3)15(10)23-14(13)9(2)20/h4-6,11H,1-3H3,(H,18,21). The molecule has 118 valence electrons. The van der Waals surface area contributed by atoms with Gasteiger partial charge in [0.25, 0.3) is 0 Å². The van der Waals surface area contributed by atoms with Crippen molar-refractivity contribution in [3.63, 3.8) is 0 Å². The predicted molar refractivity (Wildman–Crippen MR) is 81.2 cm³/mol. The zero-order chi connectivity index (χ0) is 17.1. The van der Waals surface area contributed by atoms with Crippen LogP contribution in [-0.2, 0) is 9.59 Å². The molecular weight excluding hydrogens is 300 g/mol. The molecule has 1 heterocycles. The van der Waals surface area contributed by atoms with E-state index >= 15 is 0 Å². The average Bonchev–Trinajstić information content (AvgIpc) is 2.86. The molecule has 0 spiro atoms. The van der Waals surface area contributed by atoms with Crippen molar-refractivity contribution in [1.82, 2.24) is 0 Å². The summed E-state index contributed by atoms with van der Waals surface area (Å²) in [5.41, 5.74) is 0.421. The molecule has 2 rings (SSSR count). The number of amides is 1. The number of nitriles is 1. The van der Waals surface area contributed by atoms with Crippen LogP contribution in [0.25, 0.3) is 11.0 Å². The Kier molecular flexibility index (Phi) is 4.46. The number of ketones is 2. The number of ether oxygens (including phenoxy) is 1. The first-order valence-corrected chi connectivity index (χ1v) is 6.72. The van der Waals surface area contributed by atoms with Gasteiger partial charge >= 0.3 is 0 Å². The minimum absolute atomic E-state index is 0.0712. The molecule has 1 amide bonds. The number of Topliss-reactive ketones (excluding diaryl/α,β-unsaturated/α-hetero) is 2. The van der Waals surface area contributed by atoms with Crippen LogP contribution in [0.1, 0.15) is 24.4 Å². The molecule has 0 bridgehead atoms. The van der Waals surface area contributed by atoms with Crippen LogP contribution in [0, 0.1) is 17.2 Å². The molecule has 0 radical (unpaired) electrons. The van der Waals surface area contributed by atoms with Crippen LogP contribution in [-0.4, -0.2) is 24.6 Å². The molecule has 1 unspecified atom stereocenters. The molecule has 0 fully saturated rings. The van der Waals surface area contributed by atoms with E-state index in [1.165, 1.54) is 14.0 Å². The summed E-state index contributed by atoms with van der Waals surface area (Å²) in [4.78, 5) is 35.2. The molecule has 1 aromatic carbocycles. The highest BCUT2D eigenvalue weighted by Gasteiger charge is 2.27. The Hall–Kier alpha value is -3.14. The fourth-order valence-corrected chi connectivity index (χ4v) is 2.16. The number of nitrogens with zero attached hydrogens (tertiary/aromatic N) is 1. The molecule has 23 heavy (non-hydrogen) atoms. The van der Waals surface area contributed by atoms with E-state index in [1.54, 1.807) is 24.3 Å². The van der Waals surface area contributed by atoms with Gasteiger partial charge in [0.1, 0.15) is 0 Å². The van der Waals surface area contributed by atoms with Gasteiger partial charge in [0.2, 0.25) is 5.91 Å². The first kappa shape index (κ1) is 16.2. The second kappa shape index (κ2) is 6.32. The third-order valence-electron chi connectivity index (χ3n) is 3.27. The number of furan rings is 1. The predicted octanol–water partition coefficient (Wildman–Crippen LogP) is 2.31. The van der Waals surface area contributed by atoms with Gasteiger partial charge in [-0.05, 0) is 19.1 Å². The molecule has 0 saturated heterocycles. The SMILES string of the molecule is COc1cccc2c(NC(=O)C(C#N)C(C)=O)c(C(C)=O)oc12. The second-order valence-corrected chi connectivity index (χ2v) is 4.86. The molecule has 1 atom stereocenters. The molecule has 2 aromatic rings. The number of carbonyl (C=O) groups is 3. The first-order valence-electron chi connectivity index (χ1n) is 6.72. The van der Waals surface area contributed by atoms with Crippen molar-refractivity contribution in [3.8, 4) is 11.8 Å². The van der Waals surface area contributed by atoms with Crippen LogP contribution >= 0.6 is 0 Å². The number of fused-ring (bicyclic) bond motifs is 1. The molecule has 1 N–H and O–H groups in total. The quantitative estimate of drug-likeness (QED) is 0.670. The Morgan fingerprint density at radius 1 is 1.30 bits per heavy atom. The lowest BCUT2D eigenvalue weighted by Gasteiger charge is -2.07. The Morgan fingerprint density at radius 3 is 2.52 bits per heavy atom. The fraction of sp³-hybridized carbons (Fsp3) is 0.250. The molecular formula is C16H14N2O5. The summed E-state index contributed by atoms with van der Waals surface area (Å²) in [5, 5.41) is 11.8. The summed E-state index contributed by atoms with van der Waals surface area (Å²) >= 11 is 0. The molecule has 7 heteroatoms. The van der Waals surface area contributed by atoms with E-state index in [2.05, 4.69) is 5.32 Å². The number of carbonyl (C=O) groups excluding carboxylic acids is 3. The molecule has 0 aliphatic rings. The first-order chi connectivity index (χ1) is 10.9. The van der Waals surface area contributed by atoms with Crippen LogP contribution in [0.4, 0.5) is 5.69 Å². The monoisotopic (exact) mass is 314 g/mol. The Labute approximate surface area is 131 Å². The Bertz CT molecular complexity index is 844. The van der Waals surface area contributed by atoms with E-state index in [4.69, 9.17) is 14.4 Å². The summed E-state index contributed by atoms with van der Waals surface area (Å²) in [6, 6.07) is 6.59. The summed E-state index contributed by atoms with van der Waals surface area (Å²) in [6.07, 6.45) is 0. The Morgan fingerprint density at radius 2 is 2.00 bits per heavy atom. The molecule has 0 aliphatic heterocycles. The molecule has 0 saturated carbocycles. The van der Waals surface area contributed by atoms with Crippen molar-refractivity contribution in [1.29, 1.82) is 5.26 Å². The van der Waals surface area contributed by atoms with Gasteiger partial charge in [0, 0.05) is 12.3 Å². The average molecular weight is 314 g/mol. The van der Waals surface area contributed by atoms with Crippen LogP contribution in [0.5, 0.6) is 5.75 Å². The molecule has 1 aromatic heterocycles. The normalized spacial score (nSPS) is 11.6. The number of benzene rings is 1. The van der Waals surface area contributed by atoms with Gasteiger partial charge in [-0.25, -0.2) is 0 Å². The maximum atomic E-state index is 12.1. The van der Waals surface area contributed by atoms with Gasteiger partial charge < -0.3 is 14.5 Å². The number of hydrogen-bond acceptors (Lipinski definition) is 6. The van der Waals surface area contributed by atoms with E-state index in [-0.39, 0.29) is 11.4 Å². The van der Waals surface area contributed by atoms with E-state index in [1.807, 2.05) is 0 Å². The number of nitrogens with one attached hydrogen (secondary N) is 1. The minimum Gasteiger partial charge on any atom is -0.493 e. The van der Waals surface area contributed by atoms with Crippen molar-refractivity contribution in [2.45, 2.75) is 13.8 Å². The van der Waals surface area contributed by atoms with Gasteiger partial charge in [-0.15, -0.1) is 0 Å². The molecule has 0 aliphatic carbocycles. The topological polar surface area (TPSA) is 109 Å². The summed E-state index contributed by atoms with van der Waals surface area (Å²) in [5.74, 6) is -2.93. The number of para-hydroxylation sites is 1. The lowest BCUT2D eigenvalue weighted by molar-refractivity contribution is -0.127. The number of methoxy groups -OCH3 is 1. The third-order valence-corrected chi connectivity index (χ3v) is 3.27. The van der Waals surface area contributed by atoms with Crippen molar-refractivity contribution >= 4 is 34.1 Å². The highest BCUT2D eigenvalue weighted by atomic mass is 16.5. The maximum Gasteiger partial charge on any atom is 0.249 e. The van der Waals surface area contributed by atoms with Crippen LogP contribution < -0.4 is 10.1 Å². The minimum atomic E-state index is -1.45. The van der Waals surface area contributed by atoms with Crippen molar-refractivity contribution in [3.05, 3.63) is 24.0 Å². The summed E-state index contributed by atoms with van der Waals surface area (Å²) < 4.78 is 10.7. The fourth-order valence-electron chi connectivity index (χ4n) is 2.16. The summed E-state index contributed by atoms with van der Waals surface area (Å²) in [6.45, 7) is 2.43. The Balaban J connectivity index is 2.57. The number of anilines is 1. The number of rotatable bonds is 5. The molecule has 7 nitrogen and oxygen atoms in total. The number of hydrogen-bond donors (Lipinski definition) is 1. The van der Waals surface area contributed by atoms with Gasteiger partial charge in [0.05, 0.1) is 18.9 Å². The van der Waals surface area contributed by atoms with Crippen LogP contribution in [0.2, 0.25) is 0 Å². The zero-order valence-electron chi connectivity index (χ0n) is 12.8. The van der Waals surface area contributed by atoms with Gasteiger partial charge in [-0.2, -0.15) is 5.26 Å². The lowest BCUT2D eigenvalue weighted by Crippen LogP contribution is -2.27. The lowest BCUT2D eigenvalue weighted by atomic mass is 10.1. The van der Waals surface area contributed by atoms with E-state index in [0.29, 0.717) is 16.7 Å². The van der Waals surface area contributed by atoms with E-state index in [9.17, 15) is 14.4 Å². The van der Waals surface area contributed by atoms with Crippen LogP contribution in [0.3, 0.4) is 0 Å². The third kappa shape index (κ3) is 2.92. The zero-order valence-corrected chi connectivity index (χ0v) is 12.8. The largest absolute Gasteiger partial charge is 0.493 e. The van der Waals surface area contributed by atoms with E-state index in [0.717, 1.165) is 6.92 Å². The smallest absolute Gasteiger partial charge is 0.249 e. The maximum absolute atomic E-state index is 12.1. The van der Waals surface area contributed by atoms with Crippen LogP contribution in [0.15, 0.2) is 22.6 Å². The second-order valence-electron chi connectivity index (χ2n) is 4.86. The van der Waals surface area contributed by atoms with Gasteiger partial charge in [-0.3, -0.25) is 14.4 Å². The van der Waals surface area contributed by atoms with Crippen molar-refractivity contribution < 1.29 is 23.5 Å². The highest BCUT2D eigenvalue weighted by Crippen LogP contribution is 2.36. The van der Waals surface area contributed by atoms with Gasteiger partial charge in [-0.1, -0.05) is 6.07 Å². The summed E-state index contributed by atoms with van der Waals surface area (Å²) in [7, 11) is 1.45. The highest BCUT2D eigenvalue weighted by molar-refractivity contribution is 6.15.